The van der Waals surface area contributed by atoms with Crippen molar-refractivity contribution in [3.63, 3.8) is 0 Å². The van der Waals surface area contributed by atoms with Gasteiger partial charge in [-0.1, -0.05) is 0 Å². The Bertz CT molecular complexity index is 506. The van der Waals surface area contributed by atoms with E-state index < -0.39 is 9.05 Å². The molecule has 88 valence electrons. The average molecular weight is 264 g/mol. The molecule has 1 aromatic heterocycles. The number of rotatable bonds is 4. The summed E-state index contributed by atoms with van der Waals surface area (Å²) in [6.07, 6.45) is 4.36. The van der Waals surface area contributed by atoms with E-state index in [0.717, 1.165) is 19.0 Å². The molecule has 0 spiro atoms. The molecule has 2 rings (SSSR count). The molecule has 0 unspecified atom stereocenters. The topological polar surface area (TPSA) is 81.1 Å². The number of hydrogen-bond donors (Lipinski definition) is 1. The summed E-state index contributed by atoms with van der Waals surface area (Å²) < 4.78 is 23.1. The lowest BCUT2D eigenvalue weighted by molar-refractivity contribution is -0.122. The minimum atomic E-state index is -3.77. The van der Waals surface area contributed by atoms with Gasteiger partial charge in [0.25, 0.3) is 9.05 Å². The zero-order valence-corrected chi connectivity index (χ0v) is 9.83. The molecule has 1 saturated carbocycles. The maximum Gasteiger partial charge on any atom is 0.264 e. The van der Waals surface area contributed by atoms with E-state index in [2.05, 4.69) is 10.4 Å². The zero-order valence-electron chi connectivity index (χ0n) is 8.26. The number of aromatic nitrogens is 2. The van der Waals surface area contributed by atoms with Gasteiger partial charge in [-0.2, -0.15) is 5.10 Å². The fraction of sp³-hybridized carbons (Fsp3) is 0.500. The van der Waals surface area contributed by atoms with E-state index in [1.54, 1.807) is 0 Å². The van der Waals surface area contributed by atoms with E-state index in [-0.39, 0.29) is 23.4 Å². The SMILES string of the molecule is O=C(Cn1cc(S(=O)(=O)Cl)cn1)NC1CC1. The maximum atomic E-state index is 11.4. The predicted octanol–water partition coefficient (Wildman–Crippen LogP) is 0.0892. The summed E-state index contributed by atoms with van der Waals surface area (Å²) in [6, 6.07) is 0.277. The fourth-order valence-corrected chi connectivity index (χ4v) is 1.86. The van der Waals surface area contributed by atoms with Gasteiger partial charge in [-0.25, -0.2) is 8.42 Å². The first-order chi connectivity index (χ1) is 7.45. The highest BCUT2D eigenvalue weighted by Crippen LogP contribution is 2.18. The Kier molecular flexibility index (Phi) is 2.90. The molecule has 1 aliphatic carbocycles. The van der Waals surface area contributed by atoms with E-state index in [1.807, 2.05) is 0 Å². The number of nitrogens with zero attached hydrogens (tertiary/aromatic N) is 2. The lowest BCUT2D eigenvalue weighted by Crippen LogP contribution is -2.29. The zero-order chi connectivity index (χ0) is 11.8. The first-order valence-corrected chi connectivity index (χ1v) is 7.02. The third-order valence-electron chi connectivity index (χ3n) is 2.14. The molecule has 6 nitrogen and oxygen atoms in total. The third-order valence-corrected chi connectivity index (χ3v) is 3.45. The van der Waals surface area contributed by atoms with Crippen LogP contribution in [-0.2, 0) is 20.4 Å². The van der Waals surface area contributed by atoms with Crippen LogP contribution < -0.4 is 5.32 Å². The van der Waals surface area contributed by atoms with Gasteiger partial charge in [0.15, 0.2) is 0 Å². The first kappa shape index (κ1) is 11.4. The van der Waals surface area contributed by atoms with Crippen molar-refractivity contribution in [1.29, 1.82) is 0 Å². The molecule has 1 fully saturated rings. The normalized spacial score (nSPS) is 16.1. The molecule has 0 atom stereocenters. The second-order valence-electron chi connectivity index (χ2n) is 3.65. The molecule has 0 radical (unpaired) electrons. The van der Waals surface area contributed by atoms with Crippen LogP contribution in [0, 0.1) is 0 Å². The summed E-state index contributed by atoms with van der Waals surface area (Å²) in [4.78, 5) is 11.3. The monoisotopic (exact) mass is 263 g/mol. The van der Waals surface area contributed by atoms with Gasteiger partial charge < -0.3 is 5.32 Å². The largest absolute Gasteiger partial charge is 0.352 e. The highest BCUT2D eigenvalue weighted by atomic mass is 35.7. The molecule has 1 N–H and O–H groups in total. The van der Waals surface area contributed by atoms with Crippen molar-refractivity contribution in [2.75, 3.05) is 0 Å². The van der Waals surface area contributed by atoms with E-state index in [4.69, 9.17) is 10.7 Å². The molecule has 8 heteroatoms. The Morgan fingerprint density at radius 3 is 2.81 bits per heavy atom. The first-order valence-electron chi connectivity index (χ1n) is 4.71. The molecule has 0 bridgehead atoms. The van der Waals surface area contributed by atoms with Gasteiger partial charge in [0, 0.05) is 22.9 Å². The highest BCUT2D eigenvalue weighted by molar-refractivity contribution is 8.13. The van der Waals surface area contributed by atoms with Gasteiger partial charge in [-0.3, -0.25) is 9.48 Å². The van der Waals surface area contributed by atoms with Gasteiger partial charge in [0.1, 0.15) is 11.4 Å². The second kappa shape index (κ2) is 4.06. The Morgan fingerprint density at radius 1 is 1.62 bits per heavy atom. The minimum absolute atomic E-state index is 0.00289. The van der Waals surface area contributed by atoms with Crippen molar-refractivity contribution < 1.29 is 13.2 Å². The van der Waals surface area contributed by atoms with Gasteiger partial charge >= 0.3 is 0 Å². The summed E-state index contributed by atoms with van der Waals surface area (Å²) >= 11 is 0. The van der Waals surface area contributed by atoms with Crippen LogP contribution in [0.4, 0.5) is 0 Å². The van der Waals surface area contributed by atoms with Crippen LogP contribution in [0.1, 0.15) is 12.8 Å². The summed E-state index contributed by atoms with van der Waals surface area (Å²) in [6.45, 7) is 0.00289. The van der Waals surface area contributed by atoms with Crippen LogP contribution in [0.5, 0.6) is 0 Å². The van der Waals surface area contributed by atoms with Gasteiger partial charge in [0.05, 0.1) is 6.20 Å². The van der Waals surface area contributed by atoms with Crippen LogP contribution in [0.25, 0.3) is 0 Å². The Balaban J connectivity index is 1.99. The molecule has 1 aliphatic rings. The molecular weight excluding hydrogens is 254 g/mol. The van der Waals surface area contributed by atoms with Crippen molar-refractivity contribution in [2.24, 2.45) is 0 Å². The molecular formula is C8H10ClN3O3S. The predicted molar refractivity (Wildman–Crippen MR) is 56.4 cm³/mol. The smallest absolute Gasteiger partial charge is 0.264 e. The summed E-state index contributed by atoms with van der Waals surface area (Å²) in [5, 5.41) is 6.51. The molecule has 0 aromatic carbocycles. The van der Waals surface area contributed by atoms with Crippen molar-refractivity contribution in [3.8, 4) is 0 Å². The van der Waals surface area contributed by atoms with Crippen LogP contribution in [-0.4, -0.2) is 30.1 Å². The van der Waals surface area contributed by atoms with E-state index >= 15 is 0 Å². The van der Waals surface area contributed by atoms with Crippen molar-refractivity contribution in [3.05, 3.63) is 12.4 Å². The van der Waals surface area contributed by atoms with Crippen molar-refractivity contribution in [2.45, 2.75) is 30.3 Å². The Hall–Kier alpha value is -1.08. The summed E-state index contributed by atoms with van der Waals surface area (Å²) in [5.74, 6) is -0.177. The number of carbonyl (C=O) groups excluding carboxylic acids is 1. The molecule has 16 heavy (non-hydrogen) atoms. The standard InChI is InChI=1S/C8H10ClN3O3S/c9-16(14,15)7-3-10-12(4-7)5-8(13)11-6-1-2-6/h3-4,6H,1-2,5H2,(H,11,13). The number of halogens is 1. The van der Waals surface area contributed by atoms with Crippen LogP contribution in [0.2, 0.25) is 0 Å². The number of hydrogen-bond acceptors (Lipinski definition) is 4. The quantitative estimate of drug-likeness (QED) is 0.781. The van der Waals surface area contributed by atoms with E-state index in [9.17, 15) is 13.2 Å². The van der Waals surface area contributed by atoms with Gasteiger partial charge in [-0.15, -0.1) is 0 Å². The van der Waals surface area contributed by atoms with E-state index in [1.165, 1.54) is 10.9 Å². The number of carbonyl (C=O) groups is 1. The highest BCUT2D eigenvalue weighted by Gasteiger charge is 2.23. The molecule has 0 aliphatic heterocycles. The van der Waals surface area contributed by atoms with Crippen molar-refractivity contribution >= 4 is 25.6 Å². The lowest BCUT2D eigenvalue weighted by atomic mass is 10.5. The van der Waals surface area contributed by atoms with Gasteiger partial charge in [0.2, 0.25) is 5.91 Å². The third kappa shape index (κ3) is 2.96. The average Bonchev–Trinajstić information content (AvgIpc) is 2.80. The number of nitrogens with one attached hydrogen (secondary N) is 1. The minimum Gasteiger partial charge on any atom is -0.352 e. The molecule has 1 heterocycles. The number of amides is 1. The maximum absolute atomic E-state index is 11.4. The van der Waals surface area contributed by atoms with Gasteiger partial charge in [-0.05, 0) is 12.8 Å². The molecule has 1 aromatic rings. The molecule has 0 saturated heterocycles. The molecule has 1 amide bonds. The van der Waals surface area contributed by atoms with Crippen LogP contribution in [0.15, 0.2) is 17.3 Å². The Labute approximate surface area is 97.0 Å². The summed E-state index contributed by atoms with van der Waals surface area (Å²) in [5.41, 5.74) is 0. The van der Waals surface area contributed by atoms with Crippen LogP contribution in [0.3, 0.4) is 0 Å². The van der Waals surface area contributed by atoms with Crippen LogP contribution >= 0.6 is 10.7 Å². The lowest BCUT2D eigenvalue weighted by Gasteiger charge is -2.02. The van der Waals surface area contributed by atoms with Crippen molar-refractivity contribution in [1.82, 2.24) is 15.1 Å². The summed E-state index contributed by atoms with van der Waals surface area (Å²) in [7, 11) is 1.35. The Morgan fingerprint density at radius 2 is 2.31 bits per heavy atom. The second-order valence-corrected chi connectivity index (χ2v) is 6.22. The fourth-order valence-electron chi connectivity index (χ4n) is 1.21. The van der Waals surface area contributed by atoms with E-state index in [0.29, 0.717) is 0 Å².